The summed E-state index contributed by atoms with van der Waals surface area (Å²) < 4.78 is 0. The Kier molecular flexibility index (Phi) is 10.6. The minimum atomic E-state index is -0.180. The Labute approximate surface area is 438 Å². The third kappa shape index (κ3) is 6.40. The van der Waals surface area contributed by atoms with Gasteiger partial charge in [0, 0.05) is 16.2 Å². The molecule has 0 heterocycles. The number of hydrogen-bond donors (Lipinski definition) is 0. The van der Waals surface area contributed by atoms with Crippen molar-refractivity contribution < 1.29 is 0 Å². The van der Waals surface area contributed by atoms with Crippen LogP contribution in [0.3, 0.4) is 0 Å². The average Bonchev–Trinajstić information content (AvgIpc) is 4.36. The van der Waals surface area contributed by atoms with Crippen LogP contribution in [-0.4, -0.2) is 0 Å². The molecule has 0 saturated heterocycles. The van der Waals surface area contributed by atoms with Crippen LogP contribution in [0.4, 0.5) is 0 Å². The molecule has 358 valence electrons. The summed E-state index contributed by atoms with van der Waals surface area (Å²) in [7, 11) is 0. The normalized spacial score (nSPS) is 17.1. The highest BCUT2D eigenvalue weighted by Gasteiger charge is 2.51. The summed E-state index contributed by atoms with van der Waals surface area (Å²) in [5.41, 5.74) is 29.7. The first kappa shape index (κ1) is 44.9. The predicted molar refractivity (Wildman–Crippen MR) is 309 cm³/mol. The molecule has 10 aromatic carbocycles. The van der Waals surface area contributed by atoms with Crippen LogP contribution in [-0.2, 0) is 21.7 Å². The van der Waals surface area contributed by atoms with Crippen molar-refractivity contribution >= 4 is 0 Å². The Hall–Kier alpha value is -7.80. The van der Waals surface area contributed by atoms with Crippen molar-refractivity contribution in [3.05, 3.63) is 298 Å². The Morgan fingerprint density at radius 3 is 0.595 bits per heavy atom. The van der Waals surface area contributed by atoms with Crippen LogP contribution in [0.5, 0.6) is 0 Å². The number of fused-ring (bicyclic) bond motifs is 23. The largest absolute Gasteiger partial charge is 0.0725 e. The van der Waals surface area contributed by atoms with Crippen molar-refractivity contribution in [1.29, 1.82) is 0 Å². The molecule has 0 aromatic heterocycles. The molecule has 7 aliphatic rings. The fourth-order valence-corrected chi connectivity index (χ4v) is 15.6. The molecule has 0 N–H and O–H groups in total. The van der Waals surface area contributed by atoms with Crippen molar-refractivity contribution in [2.24, 2.45) is 0 Å². The molecule has 3 spiro atoms. The molecule has 10 aromatic rings. The van der Waals surface area contributed by atoms with Gasteiger partial charge >= 0.3 is 0 Å². The molecule has 0 atom stereocenters. The summed E-state index contributed by atoms with van der Waals surface area (Å²) in [4.78, 5) is 0. The molecule has 2 saturated carbocycles. The van der Waals surface area contributed by atoms with Gasteiger partial charge in [-0.1, -0.05) is 282 Å². The van der Waals surface area contributed by atoms with Gasteiger partial charge in [-0.05, 0) is 137 Å². The zero-order valence-corrected chi connectivity index (χ0v) is 42.8. The highest BCUT2D eigenvalue weighted by molar-refractivity contribution is 5.95. The maximum absolute atomic E-state index is 2.35. The Bertz CT molecular complexity index is 3350. The lowest BCUT2D eigenvalue weighted by Crippen LogP contribution is -2.25. The van der Waals surface area contributed by atoms with E-state index in [9.17, 15) is 0 Å². The van der Waals surface area contributed by atoms with Gasteiger partial charge in [0.25, 0.3) is 0 Å². The van der Waals surface area contributed by atoms with Gasteiger partial charge in [0.15, 0.2) is 0 Å². The maximum Gasteiger partial charge on any atom is 0.0725 e. The standard InChI is InChI=1S/C25H16.2C17H16.C15H14/c1-5-13-21-17(9-1)18-10-2-6-14-22(18)25(21)23-15-7-3-11-19(23)20-12-4-8-16-24(20)25;2*1-3-9-15-13(7-1)14-8-2-4-10-16(14)17(15)11-5-6-12-17;1-15(2)13-9-5-3-7-11(13)12-8-4-6-10-14(12)15/h1-16H;2*1-4,7-10H,5-6,11-12H2;3-10H,1-2H3. The van der Waals surface area contributed by atoms with Crippen molar-refractivity contribution in [1.82, 2.24) is 0 Å². The average molecular weight is 951 g/mol. The van der Waals surface area contributed by atoms with E-state index in [0.717, 1.165) is 0 Å². The summed E-state index contributed by atoms with van der Waals surface area (Å²) in [5, 5.41) is 0. The first-order valence-electron chi connectivity index (χ1n) is 27.4. The molecule has 2 fully saturated rings. The van der Waals surface area contributed by atoms with Gasteiger partial charge in [-0.3, -0.25) is 0 Å². The van der Waals surface area contributed by atoms with E-state index in [4.69, 9.17) is 0 Å². The van der Waals surface area contributed by atoms with Gasteiger partial charge in [-0.15, -0.1) is 0 Å². The van der Waals surface area contributed by atoms with Gasteiger partial charge in [0.2, 0.25) is 0 Å². The first-order valence-corrected chi connectivity index (χ1v) is 27.4. The van der Waals surface area contributed by atoms with E-state index in [-0.39, 0.29) is 10.8 Å². The van der Waals surface area contributed by atoms with Gasteiger partial charge < -0.3 is 0 Å². The lowest BCUT2D eigenvalue weighted by Gasteiger charge is -2.30. The molecule has 74 heavy (non-hydrogen) atoms. The van der Waals surface area contributed by atoms with Gasteiger partial charge in [-0.25, -0.2) is 0 Å². The summed E-state index contributed by atoms with van der Waals surface area (Å²) in [6, 6.07) is 89.1. The van der Waals surface area contributed by atoms with Crippen molar-refractivity contribution in [3.63, 3.8) is 0 Å². The van der Waals surface area contributed by atoms with Crippen LogP contribution < -0.4 is 0 Å². The zero-order valence-electron chi connectivity index (χ0n) is 42.8. The second-order valence-corrected chi connectivity index (χ2v) is 22.4. The fraction of sp³-hybridized carbons (Fsp3) is 0.189. The molecule has 7 aliphatic carbocycles. The van der Waals surface area contributed by atoms with Crippen LogP contribution >= 0.6 is 0 Å². The lowest BCUT2D eigenvalue weighted by molar-refractivity contribution is 0.550. The van der Waals surface area contributed by atoms with Gasteiger partial charge in [0.1, 0.15) is 0 Å². The van der Waals surface area contributed by atoms with Gasteiger partial charge in [0.05, 0.1) is 5.41 Å². The van der Waals surface area contributed by atoms with Crippen LogP contribution in [0.15, 0.2) is 243 Å². The van der Waals surface area contributed by atoms with Crippen molar-refractivity contribution in [2.75, 3.05) is 0 Å². The maximum atomic E-state index is 2.35. The lowest BCUT2D eigenvalue weighted by atomic mass is 9.70. The van der Waals surface area contributed by atoms with Crippen molar-refractivity contribution in [3.8, 4) is 55.6 Å². The Morgan fingerprint density at radius 2 is 0.365 bits per heavy atom. The monoisotopic (exact) mass is 950 g/mol. The van der Waals surface area contributed by atoms with Gasteiger partial charge in [-0.2, -0.15) is 0 Å². The predicted octanol–water partition coefficient (Wildman–Crippen LogP) is 19.1. The number of benzene rings is 10. The number of rotatable bonds is 0. The van der Waals surface area contributed by atoms with E-state index >= 15 is 0 Å². The second kappa shape index (κ2) is 17.4. The molecule has 0 amide bonds. The molecule has 0 radical (unpaired) electrons. The van der Waals surface area contributed by atoms with E-state index in [0.29, 0.717) is 10.8 Å². The minimum absolute atomic E-state index is 0.160. The molecule has 0 aliphatic heterocycles. The van der Waals surface area contributed by atoms with Crippen LogP contribution in [0.1, 0.15) is 121 Å². The van der Waals surface area contributed by atoms with Crippen LogP contribution in [0, 0.1) is 0 Å². The molecule has 0 nitrogen and oxygen atoms in total. The molecular weight excluding hydrogens is 889 g/mol. The smallest absolute Gasteiger partial charge is 0.0619 e. The summed E-state index contributed by atoms with van der Waals surface area (Å²) in [5.74, 6) is 0. The van der Waals surface area contributed by atoms with E-state index in [1.54, 1.807) is 22.3 Å². The molecule has 0 unspecified atom stereocenters. The topological polar surface area (TPSA) is 0 Å². The quantitative estimate of drug-likeness (QED) is 0.142. The van der Waals surface area contributed by atoms with Crippen LogP contribution in [0.25, 0.3) is 55.6 Å². The summed E-state index contributed by atoms with van der Waals surface area (Å²) in [6.07, 6.45) is 10.8. The fourth-order valence-electron chi connectivity index (χ4n) is 15.6. The van der Waals surface area contributed by atoms with E-state index in [2.05, 4.69) is 257 Å². The highest BCUT2D eigenvalue weighted by Crippen LogP contribution is 2.63. The highest BCUT2D eigenvalue weighted by atomic mass is 14.5. The molecule has 17 rings (SSSR count). The molecular formula is C74H62. The minimum Gasteiger partial charge on any atom is -0.0619 e. The Morgan fingerprint density at radius 1 is 0.203 bits per heavy atom. The third-order valence-electron chi connectivity index (χ3n) is 18.7. The van der Waals surface area contributed by atoms with Crippen molar-refractivity contribution in [2.45, 2.75) is 86.9 Å². The van der Waals surface area contributed by atoms with E-state index in [1.165, 1.54) is 140 Å². The van der Waals surface area contributed by atoms with E-state index in [1.807, 2.05) is 0 Å². The summed E-state index contributed by atoms with van der Waals surface area (Å²) >= 11 is 0. The van der Waals surface area contributed by atoms with Crippen LogP contribution in [0.2, 0.25) is 0 Å². The van der Waals surface area contributed by atoms with E-state index < -0.39 is 0 Å². The second-order valence-electron chi connectivity index (χ2n) is 22.4. The first-order chi connectivity index (χ1) is 36.5. The summed E-state index contributed by atoms with van der Waals surface area (Å²) in [6.45, 7) is 4.61. The third-order valence-corrected chi connectivity index (χ3v) is 18.7. The SMILES string of the molecule is CC1(C)c2ccccc2-c2ccccc21.c1ccc2c(c1)-c1ccccc1C21CCCC1.c1ccc2c(c1)-c1ccccc1C21CCCC1.c1ccc2c(c1)-c1ccccc1C21c2ccccc2-c2ccccc21. The number of hydrogen-bond acceptors (Lipinski definition) is 0. The zero-order chi connectivity index (χ0) is 49.5. The molecule has 0 bridgehead atoms. The molecule has 0 heteroatoms. The Balaban J connectivity index is 0.0000000929.